The maximum absolute atomic E-state index is 10.0. The van der Waals surface area contributed by atoms with Crippen LogP contribution in [0.4, 0.5) is 0 Å². The highest BCUT2D eigenvalue weighted by Crippen LogP contribution is 2.21. The number of halogens is 1. The van der Waals surface area contributed by atoms with Gasteiger partial charge in [-0.15, -0.1) is 0 Å². The van der Waals surface area contributed by atoms with Crippen molar-refractivity contribution in [3.8, 4) is 0 Å². The number of rotatable bonds is 22. The Morgan fingerprint density at radius 3 is 1.44 bits per heavy atom. The fraction of sp³-hybridized carbons (Fsp3) is 0.806. The first-order valence-corrected chi connectivity index (χ1v) is 14.5. The van der Waals surface area contributed by atoms with E-state index >= 15 is 0 Å². The van der Waals surface area contributed by atoms with Gasteiger partial charge in [-0.1, -0.05) is 134 Å². The molecule has 0 aliphatic heterocycles. The Balaban J connectivity index is 0.0000109. The maximum Gasteiger partial charge on any atom is 0.104 e. The Hall–Kier alpha value is -0.380. The van der Waals surface area contributed by atoms with E-state index in [9.17, 15) is 5.11 Å². The van der Waals surface area contributed by atoms with E-state index in [0.29, 0.717) is 0 Å². The van der Waals surface area contributed by atoms with Crippen molar-refractivity contribution in [2.75, 3.05) is 20.6 Å². The van der Waals surface area contributed by atoms with E-state index in [1.165, 1.54) is 128 Å². The van der Waals surface area contributed by atoms with E-state index in [0.717, 1.165) is 16.6 Å². The summed E-state index contributed by atoms with van der Waals surface area (Å²) in [6.07, 6.45) is 25.4. The average molecular weight is 541 g/mol. The molecule has 0 radical (unpaired) electrons. The summed E-state index contributed by atoms with van der Waals surface area (Å²) in [4.78, 5) is 0. The molecular formula is C31H58BrNO. The summed E-state index contributed by atoms with van der Waals surface area (Å²) < 4.78 is 1.00. The molecule has 1 aromatic carbocycles. The van der Waals surface area contributed by atoms with Crippen molar-refractivity contribution in [1.29, 1.82) is 0 Å². The second kappa shape index (κ2) is 21.9. The Morgan fingerprint density at radius 1 is 0.647 bits per heavy atom. The molecular weight excluding hydrogens is 482 g/mol. The van der Waals surface area contributed by atoms with Gasteiger partial charge in [0.25, 0.3) is 0 Å². The summed E-state index contributed by atoms with van der Waals surface area (Å²) >= 11 is 0. The van der Waals surface area contributed by atoms with E-state index in [2.05, 4.69) is 39.2 Å². The van der Waals surface area contributed by atoms with E-state index in [1.807, 2.05) is 13.0 Å². The predicted octanol–water partition coefficient (Wildman–Crippen LogP) is 6.36. The molecule has 0 bridgehead atoms. The Kier molecular flexibility index (Phi) is 21.6. The first-order valence-electron chi connectivity index (χ1n) is 14.5. The van der Waals surface area contributed by atoms with Gasteiger partial charge in [-0.25, -0.2) is 0 Å². The Labute approximate surface area is 224 Å². The van der Waals surface area contributed by atoms with Gasteiger partial charge < -0.3 is 26.6 Å². The molecule has 1 N–H and O–H groups in total. The van der Waals surface area contributed by atoms with Crippen LogP contribution in [0.2, 0.25) is 0 Å². The Morgan fingerprint density at radius 2 is 1.03 bits per heavy atom. The molecule has 1 atom stereocenters. The highest BCUT2D eigenvalue weighted by molar-refractivity contribution is 5.28. The quantitative estimate of drug-likeness (QED) is 0.134. The van der Waals surface area contributed by atoms with Crippen LogP contribution in [0.3, 0.4) is 0 Å². The van der Waals surface area contributed by atoms with E-state index in [4.69, 9.17) is 0 Å². The summed E-state index contributed by atoms with van der Waals surface area (Å²) in [6.45, 7) is 6.38. The van der Waals surface area contributed by atoms with Crippen molar-refractivity contribution < 1.29 is 26.6 Å². The van der Waals surface area contributed by atoms with Gasteiger partial charge in [-0.05, 0) is 25.3 Å². The van der Waals surface area contributed by atoms with Crippen molar-refractivity contribution in [3.05, 3.63) is 35.4 Å². The summed E-state index contributed by atoms with van der Waals surface area (Å²) in [5, 5.41) is 10.0. The normalized spacial score (nSPS) is 12.5. The molecule has 0 spiro atoms. The molecule has 0 saturated carbocycles. The molecule has 34 heavy (non-hydrogen) atoms. The topological polar surface area (TPSA) is 20.2 Å². The standard InChI is InChI=1S/C31H58NO.BrH/c1-5-6-7-8-9-10-11-12-13-14-15-16-17-18-19-20-21-24-27-32(3,4)28-30-25-22-23-26-31(30)29(2)33;/h22-23,25-26,29,33H,5-21,24,27-28H2,1-4H3;1H/q+1;/p-1. The number of benzene rings is 1. The third-order valence-corrected chi connectivity index (χ3v) is 7.22. The van der Waals surface area contributed by atoms with Crippen molar-refractivity contribution in [1.82, 2.24) is 0 Å². The third-order valence-electron chi connectivity index (χ3n) is 7.22. The second-order valence-corrected chi connectivity index (χ2v) is 11.2. The lowest BCUT2D eigenvalue weighted by atomic mass is 10.0. The molecule has 2 nitrogen and oxygen atoms in total. The molecule has 0 aliphatic rings. The van der Waals surface area contributed by atoms with Crippen molar-refractivity contribution in [3.63, 3.8) is 0 Å². The van der Waals surface area contributed by atoms with Gasteiger partial charge in [0.05, 0.1) is 26.7 Å². The van der Waals surface area contributed by atoms with Gasteiger partial charge in [0.2, 0.25) is 0 Å². The number of quaternary nitrogens is 1. The van der Waals surface area contributed by atoms with E-state index < -0.39 is 0 Å². The number of hydrogen-bond acceptors (Lipinski definition) is 1. The van der Waals surface area contributed by atoms with Gasteiger partial charge in [-0.2, -0.15) is 0 Å². The fourth-order valence-electron chi connectivity index (χ4n) is 5.07. The van der Waals surface area contributed by atoms with Crippen LogP contribution in [-0.4, -0.2) is 30.2 Å². The SMILES string of the molecule is CCCCCCCCCCCCCCCCCCCC[N+](C)(C)Cc1ccccc1C(C)O.[Br-]. The molecule has 1 unspecified atom stereocenters. The van der Waals surface area contributed by atoms with Gasteiger partial charge in [0.1, 0.15) is 6.54 Å². The lowest BCUT2D eigenvalue weighted by molar-refractivity contribution is -0.903. The minimum absolute atomic E-state index is 0. The molecule has 200 valence electrons. The zero-order valence-electron chi connectivity index (χ0n) is 23.3. The minimum atomic E-state index is -0.383. The van der Waals surface area contributed by atoms with Crippen molar-refractivity contribution >= 4 is 0 Å². The van der Waals surface area contributed by atoms with Gasteiger partial charge in [0, 0.05) is 5.56 Å². The first kappa shape index (κ1) is 33.6. The van der Waals surface area contributed by atoms with Crippen LogP contribution in [0.1, 0.15) is 147 Å². The minimum Gasteiger partial charge on any atom is -1.00 e. The smallest absolute Gasteiger partial charge is 0.104 e. The molecule has 1 aromatic rings. The lowest BCUT2D eigenvalue weighted by Gasteiger charge is -2.31. The third kappa shape index (κ3) is 18.0. The largest absolute Gasteiger partial charge is 1.00 e. The molecule has 3 heteroatoms. The monoisotopic (exact) mass is 539 g/mol. The van der Waals surface area contributed by atoms with Crippen LogP contribution in [0.5, 0.6) is 0 Å². The van der Waals surface area contributed by atoms with Gasteiger partial charge in [0.15, 0.2) is 0 Å². The number of aliphatic hydroxyl groups excluding tert-OH is 1. The van der Waals surface area contributed by atoms with Crippen LogP contribution in [0, 0.1) is 0 Å². The summed E-state index contributed by atoms with van der Waals surface area (Å²) in [5.74, 6) is 0. The first-order chi connectivity index (χ1) is 16.0. The lowest BCUT2D eigenvalue weighted by Crippen LogP contribution is -3.00. The second-order valence-electron chi connectivity index (χ2n) is 11.2. The molecule has 0 heterocycles. The zero-order valence-corrected chi connectivity index (χ0v) is 24.9. The van der Waals surface area contributed by atoms with Crippen LogP contribution < -0.4 is 17.0 Å². The highest BCUT2D eigenvalue weighted by atomic mass is 79.9. The van der Waals surface area contributed by atoms with Gasteiger partial charge in [-0.3, -0.25) is 0 Å². The van der Waals surface area contributed by atoms with Crippen LogP contribution in [-0.2, 0) is 6.54 Å². The van der Waals surface area contributed by atoms with Gasteiger partial charge >= 0.3 is 0 Å². The Bertz CT molecular complexity index is 572. The molecule has 0 saturated heterocycles. The number of unbranched alkanes of at least 4 members (excludes halogenated alkanes) is 17. The van der Waals surface area contributed by atoms with Crippen molar-refractivity contribution in [2.24, 2.45) is 0 Å². The highest BCUT2D eigenvalue weighted by Gasteiger charge is 2.18. The van der Waals surface area contributed by atoms with Crippen LogP contribution in [0.25, 0.3) is 0 Å². The molecule has 1 rings (SSSR count). The molecule has 0 fully saturated rings. The number of aliphatic hydroxyl groups is 1. The fourth-order valence-corrected chi connectivity index (χ4v) is 5.07. The molecule has 0 aliphatic carbocycles. The maximum atomic E-state index is 10.0. The van der Waals surface area contributed by atoms with E-state index in [1.54, 1.807) is 0 Å². The van der Waals surface area contributed by atoms with E-state index in [-0.39, 0.29) is 23.1 Å². The molecule has 0 amide bonds. The van der Waals surface area contributed by atoms with Crippen molar-refractivity contribution in [2.45, 2.75) is 142 Å². The summed E-state index contributed by atoms with van der Waals surface area (Å²) in [5.41, 5.74) is 2.38. The summed E-state index contributed by atoms with van der Waals surface area (Å²) in [6, 6.07) is 8.37. The summed E-state index contributed by atoms with van der Waals surface area (Å²) in [7, 11) is 4.65. The average Bonchev–Trinajstić information content (AvgIpc) is 2.78. The van der Waals surface area contributed by atoms with Crippen LogP contribution in [0.15, 0.2) is 24.3 Å². The predicted molar refractivity (Wildman–Crippen MR) is 147 cm³/mol. The number of nitrogens with zero attached hydrogens (tertiary/aromatic N) is 1. The van der Waals surface area contributed by atoms with Crippen LogP contribution >= 0.6 is 0 Å². The zero-order chi connectivity index (χ0) is 24.2. The number of hydrogen-bond donors (Lipinski definition) is 1. The molecule has 0 aromatic heterocycles.